The molecule has 1 N–H and O–H groups in total. The van der Waals surface area contributed by atoms with Crippen LogP contribution < -0.4 is 4.90 Å². The van der Waals surface area contributed by atoms with Crippen LogP contribution in [0, 0.1) is 5.92 Å². The predicted octanol–water partition coefficient (Wildman–Crippen LogP) is 1.96. The maximum Gasteiger partial charge on any atom is 0.313 e. The van der Waals surface area contributed by atoms with Gasteiger partial charge in [-0.1, -0.05) is 32.5 Å². The van der Waals surface area contributed by atoms with Crippen molar-refractivity contribution in [1.29, 1.82) is 0 Å². The van der Waals surface area contributed by atoms with Crippen LogP contribution in [0.4, 0.5) is 5.95 Å². The molecule has 1 aromatic heterocycles. The number of carboxylic acid groups (broad SMARTS) is 1. The molecule has 0 saturated heterocycles. The molecule has 0 radical (unpaired) electrons. The molecule has 0 unspecified atom stereocenters. The van der Waals surface area contributed by atoms with E-state index in [-0.39, 0.29) is 5.75 Å². The van der Waals surface area contributed by atoms with Gasteiger partial charge in [0.05, 0.1) is 5.75 Å². The van der Waals surface area contributed by atoms with Gasteiger partial charge in [-0.25, -0.2) is 0 Å². The highest BCUT2D eigenvalue weighted by Crippen LogP contribution is 2.22. The fraction of sp³-hybridized carbons (Fsp3) is 0.750. The maximum absolute atomic E-state index is 10.6. The first kappa shape index (κ1) is 15.8. The normalized spacial score (nSPS) is 11.0. The number of thioether (sulfide) groups is 1. The number of nitrogens with zero attached hydrogens (tertiary/aromatic N) is 4. The van der Waals surface area contributed by atoms with Crippen LogP contribution in [0.2, 0.25) is 0 Å². The Labute approximate surface area is 118 Å². The number of carboxylic acids is 1. The maximum atomic E-state index is 10.6. The second-order valence-corrected chi connectivity index (χ2v) is 5.83. The molecule has 1 rings (SSSR count). The topological polar surface area (TPSA) is 71.2 Å². The van der Waals surface area contributed by atoms with Gasteiger partial charge in [0.15, 0.2) is 5.16 Å². The third kappa shape index (κ3) is 4.74. The van der Waals surface area contributed by atoms with Gasteiger partial charge in [-0.2, -0.15) is 0 Å². The number of aromatic nitrogens is 3. The molecule has 0 spiro atoms. The van der Waals surface area contributed by atoms with E-state index in [1.54, 1.807) is 0 Å². The summed E-state index contributed by atoms with van der Waals surface area (Å²) < 4.78 is 2.00. The van der Waals surface area contributed by atoms with E-state index in [0.717, 1.165) is 25.5 Å². The molecular weight excluding hydrogens is 264 g/mol. The predicted molar refractivity (Wildman–Crippen MR) is 76.8 cm³/mol. The van der Waals surface area contributed by atoms with Crippen molar-refractivity contribution in [2.24, 2.45) is 5.92 Å². The van der Waals surface area contributed by atoms with Gasteiger partial charge in [0, 0.05) is 20.1 Å². The van der Waals surface area contributed by atoms with E-state index in [9.17, 15) is 4.79 Å². The Hall–Kier alpha value is -1.24. The van der Waals surface area contributed by atoms with Crippen molar-refractivity contribution in [2.45, 2.75) is 38.9 Å². The molecule has 0 saturated carbocycles. The van der Waals surface area contributed by atoms with Crippen molar-refractivity contribution >= 4 is 23.7 Å². The highest BCUT2D eigenvalue weighted by atomic mass is 32.2. The molecule has 1 heterocycles. The Morgan fingerprint density at radius 2 is 2.16 bits per heavy atom. The molecule has 0 fully saturated rings. The van der Waals surface area contributed by atoms with Gasteiger partial charge in [0.2, 0.25) is 5.95 Å². The highest BCUT2D eigenvalue weighted by molar-refractivity contribution is 7.99. The minimum atomic E-state index is -0.840. The summed E-state index contributed by atoms with van der Waals surface area (Å²) in [5, 5.41) is 17.7. The zero-order valence-corrected chi connectivity index (χ0v) is 12.8. The molecule has 0 bridgehead atoms. The number of aliphatic carboxylic acids is 1. The second-order valence-electron chi connectivity index (χ2n) is 4.89. The average Bonchev–Trinajstić information content (AvgIpc) is 2.69. The van der Waals surface area contributed by atoms with Crippen LogP contribution in [-0.2, 0) is 11.3 Å². The number of hydrogen-bond donors (Lipinski definition) is 1. The summed E-state index contributed by atoms with van der Waals surface area (Å²) >= 11 is 1.22. The standard InChI is InChI=1S/C12H22N4O2S/c1-5-6-16-11(15(4)7-9(2)3)13-14-12(16)19-8-10(17)18/h9H,5-8H2,1-4H3,(H,17,18). The molecule has 7 heteroatoms. The van der Waals surface area contributed by atoms with Crippen LogP contribution in [0.3, 0.4) is 0 Å². The lowest BCUT2D eigenvalue weighted by atomic mass is 10.2. The molecule has 108 valence electrons. The van der Waals surface area contributed by atoms with Gasteiger partial charge in [-0.15, -0.1) is 10.2 Å². The summed E-state index contributed by atoms with van der Waals surface area (Å²) in [4.78, 5) is 12.7. The van der Waals surface area contributed by atoms with E-state index < -0.39 is 5.97 Å². The Morgan fingerprint density at radius 1 is 1.47 bits per heavy atom. The minimum Gasteiger partial charge on any atom is -0.481 e. The lowest BCUT2D eigenvalue weighted by molar-refractivity contribution is -0.133. The van der Waals surface area contributed by atoms with Gasteiger partial charge in [-0.3, -0.25) is 9.36 Å². The number of rotatable bonds is 8. The van der Waals surface area contributed by atoms with Gasteiger partial charge in [-0.05, 0) is 12.3 Å². The summed E-state index contributed by atoms with van der Waals surface area (Å²) in [5.74, 6) is 0.513. The third-order valence-corrected chi connectivity index (χ3v) is 3.40. The number of carbonyl (C=O) groups is 1. The van der Waals surface area contributed by atoms with E-state index in [1.807, 2.05) is 11.6 Å². The number of anilines is 1. The Bertz CT molecular complexity index is 420. The van der Waals surface area contributed by atoms with Crippen LogP contribution in [0.25, 0.3) is 0 Å². The zero-order valence-electron chi connectivity index (χ0n) is 12.0. The summed E-state index contributed by atoms with van der Waals surface area (Å²) in [5.41, 5.74) is 0. The van der Waals surface area contributed by atoms with Gasteiger partial charge < -0.3 is 10.0 Å². The SMILES string of the molecule is CCCn1c(SCC(=O)O)nnc1N(C)CC(C)C. The van der Waals surface area contributed by atoms with Gasteiger partial charge in [0.1, 0.15) is 0 Å². The summed E-state index contributed by atoms with van der Waals surface area (Å²) in [6.45, 7) is 8.07. The lowest BCUT2D eigenvalue weighted by Crippen LogP contribution is -2.26. The quantitative estimate of drug-likeness (QED) is 0.737. The Kier molecular flexibility index (Phi) is 6.14. The van der Waals surface area contributed by atoms with Crippen molar-refractivity contribution in [3.05, 3.63) is 0 Å². The van der Waals surface area contributed by atoms with Crippen molar-refractivity contribution in [1.82, 2.24) is 14.8 Å². The molecule has 6 nitrogen and oxygen atoms in total. The minimum absolute atomic E-state index is 0.00967. The van der Waals surface area contributed by atoms with E-state index >= 15 is 0 Å². The van der Waals surface area contributed by atoms with Crippen molar-refractivity contribution in [2.75, 3.05) is 24.2 Å². The van der Waals surface area contributed by atoms with Crippen molar-refractivity contribution in [3.8, 4) is 0 Å². The highest BCUT2D eigenvalue weighted by Gasteiger charge is 2.16. The Morgan fingerprint density at radius 3 is 2.68 bits per heavy atom. The average molecular weight is 286 g/mol. The zero-order chi connectivity index (χ0) is 14.4. The Balaban J connectivity index is 2.88. The second kappa shape index (κ2) is 7.37. The third-order valence-electron chi connectivity index (χ3n) is 2.45. The summed E-state index contributed by atoms with van der Waals surface area (Å²) in [6, 6.07) is 0. The fourth-order valence-corrected chi connectivity index (χ4v) is 2.53. The first-order valence-electron chi connectivity index (χ1n) is 6.44. The number of hydrogen-bond acceptors (Lipinski definition) is 5. The molecule has 0 aliphatic rings. The molecule has 0 aliphatic heterocycles. The largest absolute Gasteiger partial charge is 0.481 e. The summed E-state index contributed by atoms with van der Waals surface area (Å²) in [7, 11) is 1.99. The van der Waals surface area contributed by atoms with Crippen molar-refractivity contribution in [3.63, 3.8) is 0 Å². The van der Waals surface area contributed by atoms with Crippen LogP contribution in [0.1, 0.15) is 27.2 Å². The van der Waals surface area contributed by atoms with Crippen LogP contribution in [0.5, 0.6) is 0 Å². The van der Waals surface area contributed by atoms with Gasteiger partial charge in [0.25, 0.3) is 0 Å². The monoisotopic (exact) mass is 286 g/mol. The molecule has 0 aromatic carbocycles. The van der Waals surface area contributed by atoms with Crippen molar-refractivity contribution < 1.29 is 9.90 Å². The van der Waals surface area contributed by atoms with E-state index in [0.29, 0.717) is 11.1 Å². The van der Waals surface area contributed by atoms with E-state index in [1.165, 1.54) is 11.8 Å². The lowest BCUT2D eigenvalue weighted by Gasteiger charge is -2.21. The molecular formula is C12H22N4O2S. The first-order chi connectivity index (χ1) is 8.95. The van der Waals surface area contributed by atoms with E-state index in [2.05, 4.69) is 35.9 Å². The first-order valence-corrected chi connectivity index (χ1v) is 7.43. The van der Waals surface area contributed by atoms with E-state index in [4.69, 9.17) is 5.11 Å². The molecule has 0 amide bonds. The van der Waals surface area contributed by atoms with Gasteiger partial charge >= 0.3 is 5.97 Å². The summed E-state index contributed by atoms with van der Waals surface area (Å²) in [6.07, 6.45) is 0.960. The van der Waals surface area contributed by atoms with Crippen LogP contribution >= 0.6 is 11.8 Å². The fourth-order valence-electron chi connectivity index (χ4n) is 1.85. The van der Waals surface area contributed by atoms with Crippen LogP contribution in [0.15, 0.2) is 5.16 Å². The molecule has 19 heavy (non-hydrogen) atoms. The molecule has 0 aliphatic carbocycles. The smallest absolute Gasteiger partial charge is 0.313 e. The molecule has 1 aromatic rings. The van der Waals surface area contributed by atoms with Crippen LogP contribution in [-0.4, -0.2) is 45.2 Å². The molecule has 0 atom stereocenters.